The van der Waals surface area contributed by atoms with Gasteiger partial charge in [0.1, 0.15) is 12.7 Å². The van der Waals surface area contributed by atoms with Crippen LogP contribution in [0.25, 0.3) is 11.3 Å². The summed E-state index contributed by atoms with van der Waals surface area (Å²) in [7, 11) is 1.43. The SMILES string of the molecule is COC(=O)N1CCC(c2ccc3c(c2)CCn2c(OC[C@@H]4COCCO4)cc(=O)c(C)c2-3)CC1. The maximum atomic E-state index is 12.8. The Balaban J connectivity index is 1.38. The highest BCUT2D eigenvalue weighted by molar-refractivity contribution is 5.70. The van der Waals surface area contributed by atoms with E-state index in [-0.39, 0.29) is 17.6 Å². The second kappa shape index (κ2) is 9.80. The summed E-state index contributed by atoms with van der Waals surface area (Å²) < 4.78 is 24.2. The number of methoxy groups -OCH3 is 1. The van der Waals surface area contributed by atoms with Crippen LogP contribution >= 0.6 is 0 Å². The second-order valence-electron chi connectivity index (χ2n) is 9.25. The van der Waals surface area contributed by atoms with E-state index in [2.05, 4.69) is 22.8 Å². The van der Waals surface area contributed by atoms with Crippen molar-refractivity contribution in [1.82, 2.24) is 9.47 Å². The lowest BCUT2D eigenvalue weighted by Gasteiger charge is -2.32. The predicted molar refractivity (Wildman–Crippen MR) is 127 cm³/mol. The number of piperidine rings is 1. The Morgan fingerprint density at radius 3 is 2.71 bits per heavy atom. The molecule has 1 atom stereocenters. The highest BCUT2D eigenvalue weighted by Crippen LogP contribution is 2.37. The first-order valence-corrected chi connectivity index (χ1v) is 12.1. The number of rotatable bonds is 4. The molecule has 0 radical (unpaired) electrons. The highest BCUT2D eigenvalue weighted by atomic mass is 16.6. The van der Waals surface area contributed by atoms with Crippen LogP contribution < -0.4 is 10.2 Å². The lowest BCUT2D eigenvalue weighted by Crippen LogP contribution is -2.37. The summed E-state index contributed by atoms with van der Waals surface area (Å²) in [5.41, 5.74) is 5.32. The van der Waals surface area contributed by atoms with Crippen molar-refractivity contribution in [2.45, 2.75) is 44.8 Å². The number of pyridine rings is 1. The number of aryl methyl sites for hydroxylation is 1. The Hall–Kier alpha value is -2.84. The average molecular weight is 469 g/mol. The quantitative estimate of drug-likeness (QED) is 0.686. The van der Waals surface area contributed by atoms with Gasteiger partial charge in [0, 0.05) is 36.8 Å². The average Bonchev–Trinajstić information content (AvgIpc) is 2.89. The van der Waals surface area contributed by atoms with E-state index in [1.807, 2.05) is 6.92 Å². The van der Waals surface area contributed by atoms with Crippen molar-refractivity contribution in [3.05, 3.63) is 51.2 Å². The Bertz CT molecular complexity index is 1110. The van der Waals surface area contributed by atoms with Crippen molar-refractivity contribution < 1.29 is 23.7 Å². The molecule has 4 heterocycles. The maximum Gasteiger partial charge on any atom is 0.409 e. The van der Waals surface area contributed by atoms with Crippen LogP contribution in [0.4, 0.5) is 4.79 Å². The minimum Gasteiger partial charge on any atom is -0.476 e. The van der Waals surface area contributed by atoms with Crippen LogP contribution in [0.5, 0.6) is 5.88 Å². The number of fused-ring (bicyclic) bond motifs is 3. The molecule has 1 amide bonds. The van der Waals surface area contributed by atoms with Crippen molar-refractivity contribution in [3.63, 3.8) is 0 Å². The molecule has 3 aliphatic heterocycles. The lowest BCUT2D eigenvalue weighted by molar-refractivity contribution is -0.102. The topological polar surface area (TPSA) is 79.2 Å². The summed E-state index contributed by atoms with van der Waals surface area (Å²) in [4.78, 5) is 26.4. The zero-order valence-electron chi connectivity index (χ0n) is 19.9. The third-order valence-corrected chi connectivity index (χ3v) is 7.21. The summed E-state index contributed by atoms with van der Waals surface area (Å²) in [5, 5.41) is 0. The van der Waals surface area contributed by atoms with E-state index in [9.17, 15) is 9.59 Å². The van der Waals surface area contributed by atoms with Crippen molar-refractivity contribution >= 4 is 6.09 Å². The molecule has 0 bridgehead atoms. The maximum absolute atomic E-state index is 12.8. The molecule has 0 unspecified atom stereocenters. The molecule has 2 aromatic rings. The minimum atomic E-state index is -0.248. The Kier molecular flexibility index (Phi) is 6.61. The van der Waals surface area contributed by atoms with Crippen molar-refractivity contribution in [2.24, 2.45) is 0 Å². The van der Waals surface area contributed by atoms with E-state index in [1.165, 1.54) is 18.2 Å². The number of carbonyl (C=O) groups excluding carboxylic acids is 1. The largest absolute Gasteiger partial charge is 0.476 e. The minimum absolute atomic E-state index is 0.0193. The molecule has 5 rings (SSSR count). The molecule has 182 valence electrons. The van der Waals surface area contributed by atoms with E-state index in [1.54, 1.807) is 11.0 Å². The van der Waals surface area contributed by atoms with Gasteiger partial charge in [-0.2, -0.15) is 0 Å². The van der Waals surface area contributed by atoms with E-state index >= 15 is 0 Å². The van der Waals surface area contributed by atoms with Crippen molar-refractivity contribution in [1.29, 1.82) is 0 Å². The van der Waals surface area contributed by atoms with Crippen LogP contribution in [0.15, 0.2) is 29.1 Å². The molecule has 0 N–H and O–H groups in total. The van der Waals surface area contributed by atoms with Crippen LogP contribution in [0.1, 0.15) is 35.4 Å². The molecule has 0 aliphatic carbocycles. The summed E-state index contributed by atoms with van der Waals surface area (Å²) in [5.74, 6) is 1.01. The molecular formula is C26H32N2O6. The molecule has 2 fully saturated rings. The van der Waals surface area contributed by atoms with Crippen LogP contribution in [0.3, 0.4) is 0 Å². The summed E-state index contributed by atoms with van der Waals surface area (Å²) in [6.45, 7) is 6.11. The fourth-order valence-corrected chi connectivity index (χ4v) is 5.29. The Morgan fingerprint density at radius 2 is 1.97 bits per heavy atom. The summed E-state index contributed by atoms with van der Waals surface area (Å²) in [6.07, 6.45) is 2.35. The molecular weight excluding hydrogens is 436 g/mol. The van der Waals surface area contributed by atoms with Gasteiger partial charge in [-0.15, -0.1) is 0 Å². The molecule has 0 spiro atoms. The first kappa shape index (κ1) is 22.9. The number of amides is 1. The summed E-state index contributed by atoms with van der Waals surface area (Å²) in [6, 6.07) is 8.22. The van der Waals surface area contributed by atoms with Gasteiger partial charge in [-0.05, 0) is 43.2 Å². The first-order valence-electron chi connectivity index (χ1n) is 12.1. The van der Waals surface area contributed by atoms with Crippen molar-refractivity contribution in [3.8, 4) is 17.1 Å². The smallest absolute Gasteiger partial charge is 0.409 e. The normalized spacial score (nSPS) is 20.4. The molecule has 8 heteroatoms. The molecule has 8 nitrogen and oxygen atoms in total. The van der Waals surface area contributed by atoms with Gasteiger partial charge in [-0.3, -0.25) is 4.79 Å². The van der Waals surface area contributed by atoms with Crippen LogP contribution in [-0.4, -0.2) is 68.3 Å². The number of nitrogens with zero attached hydrogens (tertiary/aromatic N) is 2. The molecule has 1 aromatic heterocycles. The molecule has 2 saturated heterocycles. The van der Waals surface area contributed by atoms with Gasteiger partial charge in [-0.1, -0.05) is 18.2 Å². The number of ether oxygens (including phenoxy) is 4. The van der Waals surface area contributed by atoms with Gasteiger partial charge in [0.05, 0.1) is 32.6 Å². The first-order chi connectivity index (χ1) is 16.5. The highest BCUT2D eigenvalue weighted by Gasteiger charge is 2.27. The predicted octanol–water partition coefficient (Wildman–Crippen LogP) is 3.12. The number of likely N-dealkylation sites (tertiary alicyclic amines) is 1. The second-order valence-corrected chi connectivity index (χ2v) is 9.25. The monoisotopic (exact) mass is 468 g/mol. The number of carbonyl (C=O) groups is 1. The van der Waals surface area contributed by atoms with E-state index in [0.29, 0.717) is 51.3 Å². The van der Waals surface area contributed by atoms with Crippen molar-refractivity contribution in [2.75, 3.05) is 46.6 Å². The van der Waals surface area contributed by atoms with Gasteiger partial charge in [0.25, 0.3) is 0 Å². The molecule has 0 saturated carbocycles. The fourth-order valence-electron chi connectivity index (χ4n) is 5.29. The molecule has 3 aliphatic rings. The van der Waals surface area contributed by atoms with Gasteiger partial charge < -0.3 is 28.4 Å². The third-order valence-electron chi connectivity index (χ3n) is 7.21. The fraction of sp³-hybridized carbons (Fsp3) is 0.538. The molecule has 34 heavy (non-hydrogen) atoms. The number of benzene rings is 1. The van der Waals surface area contributed by atoms with E-state index in [4.69, 9.17) is 18.9 Å². The third kappa shape index (κ3) is 4.44. The standard InChI is InChI=1S/C26H32N2O6/c1-17-23(29)14-24(34-16-21-15-32-11-12-33-21)28-10-7-20-13-19(3-4-22(20)25(17)28)18-5-8-27(9-6-18)26(30)31-2/h3-4,13-14,18,21H,5-12,15-16H2,1-2H3/t21-/m0/s1. The number of hydrogen-bond donors (Lipinski definition) is 0. The van der Waals surface area contributed by atoms with E-state index < -0.39 is 0 Å². The van der Waals surface area contributed by atoms with Gasteiger partial charge in [0.15, 0.2) is 11.3 Å². The van der Waals surface area contributed by atoms with Gasteiger partial charge >= 0.3 is 6.09 Å². The molecule has 1 aromatic carbocycles. The lowest BCUT2D eigenvalue weighted by atomic mass is 9.85. The Labute approximate surface area is 199 Å². The van der Waals surface area contributed by atoms with E-state index in [0.717, 1.165) is 42.6 Å². The number of hydrogen-bond acceptors (Lipinski definition) is 6. The zero-order chi connectivity index (χ0) is 23.7. The summed E-state index contributed by atoms with van der Waals surface area (Å²) >= 11 is 0. The zero-order valence-corrected chi connectivity index (χ0v) is 19.9. The van der Waals surface area contributed by atoms with Crippen LogP contribution in [-0.2, 0) is 27.2 Å². The van der Waals surface area contributed by atoms with Crippen LogP contribution in [0, 0.1) is 6.92 Å². The van der Waals surface area contributed by atoms with Gasteiger partial charge in [0.2, 0.25) is 0 Å². The number of aromatic nitrogens is 1. The Morgan fingerprint density at radius 1 is 1.15 bits per heavy atom. The van der Waals surface area contributed by atoms with Gasteiger partial charge in [-0.25, -0.2) is 4.79 Å². The van der Waals surface area contributed by atoms with Crippen LogP contribution in [0.2, 0.25) is 0 Å².